The molecule has 2 unspecified atom stereocenters. The summed E-state index contributed by atoms with van der Waals surface area (Å²) in [4.78, 5) is 9.85. The van der Waals surface area contributed by atoms with Crippen molar-refractivity contribution >= 4 is 21.9 Å². The van der Waals surface area contributed by atoms with E-state index in [1.807, 2.05) is 15.8 Å². The summed E-state index contributed by atoms with van der Waals surface area (Å²) in [7, 11) is 0. The first-order valence-electron chi connectivity index (χ1n) is 7.80. The fourth-order valence-corrected chi connectivity index (χ4v) is 4.14. The predicted octanol–water partition coefficient (Wildman–Crippen LogP) is 3.83. The van der Waals surface area contributed by atoms with Gasteiger partial charge in [0.15, 0.2) is 0 Å². The lowest BCUT2D eigenvalue weighted by Crippen LogP contribution is -2.44. The summed E-state index contributed by atoms with van der Waals surface area (Å²) in [6, 6.07) is 1.48. The third-order valence-corrected chi connectivity index (χ3v) is 5.23. The molecule has 2 aromatic heterocycles. The maximum atomic E-state index is 12.9. The van der Waals surface area contributed by atoms with Crippen LogP contribution in [-0.2, 0) is 6.18 Å². The van der Waals surface area contributed by atoms with E-state index in [9.17, 15) is 13.2 Å². The van der Waals surface area contributed by atoms with Gasteiger partial charge < -0.3 is 4.90 Å². The largest absolute Gasteiger partial charge is 0.433 e. The van der Waals surface area contributed by atoms with E-state index < -0.39 is 11.9 Å². The number of hydrogen-bond acceptors (Lipinski definition) is 4. The molecule has 2 saturated heterocycles. The molecule has 0 saturated carbocycles. The van der Waals surface area contributed by atoms with Gasteiger partial charge in [0.25, 0.3) is 0 Å². The molecule has 0 aliphatic carbocycles. The highest BCUT2D eigenvalue weighted by Crippen LogP contribution is 2.42. The molecule has 2 aromatic rings. The quantitative estimate of drug-likeness (QED) is 0.766. The van der Waals surface area contributed by atoms with E-state index in [0.29, 0.717) is 0 Å². The molecule has 0 radical (unpaired) electrons. The Kier molecular flexibility index (Phi) is 3.78. The Labute approximate surface area is 145 Å². The van der Waals surface area contributed by atoms with E-state index in [0.717, 1.165) is 36.2 Å². The SMILES string of the molecule is FC(F)(F)c1ccnc(N2C3CCC2CC(n2cc(Br)cn2)C3)n1. The minimum absolute atomic E-state index is 0.153. The van der Waals surface area contributed by atoms with Gasteiger partial charge in [-0.25, -0.2) is 9.97 Å². The lowest BCUT2D eigenvalue weighted by molar-refractivity contribution is -0.141. The Balaban J connectivity index is 1.59. The van der Waals surface area contributed by atoms with Crippen molar-refractivity contribution in [2.24, 2.45) is 0 Å². The van der Waals surface area contributed by atoms with Gasteiger partial charge in [-0.1, -0.05) is 0 Å². The molecule has 5 nitrogen and oxygen atoms in total. The van der Waals surface area contributed by atoms with Gasteiger partial charge in [-0.15, -0.1) is 0 Å². The topological polar surface area (TPSA) is 46.8 Å². The number of alkyl halides is 3. The number of piperidine rings is 1. The average molecular weight is 402 g/mol. The minimum Gasteiger partial charge on any atom is -0.335 e. The van der Waals surface area contributed by atoms with Crippen LogP contribution in [0.15, 0.2) is 29.1 Å². The molecule has 2 bridgehead atoms. The van der Waals surface area contributed by atoms with Crippen LogP contribution < -0.4 is 4.90 Å². The smallest absolute Gasteiger partial charge is 0.335 e. The molecule has 4 rings (SSSR count). The molecule has 2 aliphatic rings. The first kappa shape index (κ1) is 15.9. The Morgan fingerprint density at radius 2 is 1.83 bits per heavy atom. The molecule has 0 spiro atoms. The number of hydrogen-bond donors (Lipinski definition) is 0. The first-order chi connectivity index (χ1) is 11.4. The Morgan fingerprint density at radius 1 is 1.12 bits per heavy atom. The summed E-state index contributed by atoms with van der Waals surface area (Å²) in [5.41, 5.74) is -0.884. The molecular formula is C15H15BrF3N5. The molecule has 0 N–H and O–H groups in total. The van der Waals surface area contributed by atoms with E-state index in [-0.39, 0.29) is 24.1 Å². The summed E-state index contributed by atoms with van der Waals surface area (Å²) in [6.07, 6.45) is 4.02. The summed E-state index contributed by atoms with van der Waals surface area (Å²) in [5.74, 6) is 0.192. The van der Waals surface area contributed by atoms with Crippen molar-refractivity contribution in [1.29, 1.82) is 0 Å². The van der Waals surface area contributed by atoms with Gasteiger partial charge in [0, 0.05) is 24.5 Å². The van der Waals surface area contributed by atoms with E-state index in [1.165, 1.54) is 6.20 Å². The molecule has 4 heterocycles. The van der Waals surface area contributed by atoms with Gasteiger partial charge in [0.1, 0.15) is 5.69 Å². The summed E-state index contributed by atoms with van der Waals surface area (Å²) in [6.45, 7) is 0. The zero-order valence-corrected chi connectivity index (χ0v) is 14.2. The lowest BCUT2D eigenvalue weighted by Gasteiger charge is -2.39. The van der Waals surface area contributed by atoms with Crippen molar-refractivity contribution in [3.63, 3.8) is 0 Å². The Bertz CT molecular complexity index is 733. The van der Waals surface area contributed by atoms with Crippen molar-refractivity contribution in [3.8, 4) is 0 Å². The van der Waals surface area contributed by atoms with Crippen LogP contribution in [-0.4, -0.2) is 31.8 Å². The van der Waals surface area contributed by atoms with E-state index in [1.54, 1.807) is 6.20 Å². The maximum Gasteiger partial charge on any atom is 0.433 e. The molecule has 24 heavy (non-hydrogen) atoms. The van der Waals surface area contributed by atoms with Gasteiger partial charge in [0.2, 0.25) is 5.95 Å². The van der Waals surface area contributed by atoms with Crippen molar-refractivity contribution in [2.75, 3.05) is 4.90 Å². The van der Waals surface area contributed by atoms with Crippen molar-refractivity contribution < 1.29 is 13.2 Å². The molecule has 0 aromatic carbocycles. The van der Waals surface area contributed by atoms with Gasteiger partial charge in [-0.05, 0) is 47.7 Å². The highest BCUT2D eigenvalue weighted by molar-refractivity contribution is 9.10. The lowest BCUT2D eigenvalue weighted by atomic mass is 9.98. The van der Waals surface area contributed by atoms with Gasteiger partial charge >= 0.3 is 6.18 Å². The molecule has 0 amide bonds. The summed E-state index contributed by atoms with van der Waals surface area (Å²) < 4.78 is 41.6. The van der Waals surface area contributed by atoms with E-state index in [4.69, 9.17) is 0 Å². The zero-order chi connectivity index (χ0) is 16.9. The van der Waals surface area contributed by atoms with Crippen LogP contribution in [0.5, 0.6) is 0 Å². The van der Waals surface area contributed by atoms with Crippen molar-refractivity contribution in [1.82, 2.24) is 19.7 Å². The second-order valence-electron chi connectivity index (χ2n) is 6.30. The third kappa shape index (κ3) is 2.78. The maximum absolute atomic E-state index is 12.9. The molecular weight excluding hydrogens is 387 g/mol. The van der Waals surface area contributed by atoms with Gasteiger partial charge in [0.05, 0.1) is 16.7 Å². The van der Waals surface area contributed by atoms with Crippen LogP contribution >= 0.6 is 15.9 Å². The highest BCUT2D eigenvalue weighted by atomic mass is 79.9. The van der Waals surface area contributed by atoms with Crippen LogP contribution in [0.3, 0.4) is 0 Å². The molecule has 9 heteroatoms. The second-order valence-corrected chi connectivity index (χ2v) is 7.21. The summed E-state index contributed by atoms with van der Waals surface area (Å²) in [5, 5.41) is 4.35. The highest BCUT2D eigenvalue weighted by Gasteiger charge is 2.43. The normalized spacial score (nSPS) is 26.8. The standard InChI is InChI=1S/C15H15BrF3N5/c16-9-7-21-23(8-9)12-5-10-1-2-11(6-12)24(10)14-20-4-3-13(22-14)15(17,18)19/h3-4,7-8,10-12H,1-2,5-6H2. The van der Waals surface area contributed by atoms with Crippen LogP contribution in [0.25, 0.3) is 0 Å². The monoisotopic (exact) mass is 401 g/mol. The molecule has 2 fully saturated rings. The van der Waals surface area contributed by atoms with Crippen molar-refractivity contribution in [3.05, 3.63) is 34.8 Å². The zero-order valence-electron chi connectivity index (χ0n) is 12.6. The number of halogens is 4. The van der Waals surface area contributed by atoms with Crippen LogP contribution in [0.1, 0.15) is 37.4 Å². The fraction of sp³-hybridized carbons (Fsp3) is 0.533. The number of nitrogens with zero attached hydrogens (tertiary/aromatic N) is 5. The minimum atomic E-state index is -4.45. The van der Waals surface area contributed by atoms with E-state index >= 15 is 0 Å². The van der Waals surface area contributed by atoms with Gasteiger partial charge in [-0.2, -0.15) is 18.3 Å². The fourth-order valence-electron chi connectivity index (χ4n) is 3.84. The van der Waals surface area contributed by atoms with Crippen molar-refractivity contribution in [2.45, 2.75) is 50.0 Å². The second kappa shape index (κ2) is 5.72. The summed E-state index contributed by atoms with van der Waals surface area (Å²) >= 11 is 3.40. The Hall–Kier alpha value is -1.64. The van der Waals surface area contributed by atoms with E-state index in [2.05, 4.69) is 31.0 Å². The first-order valence-corrected chi connectivity index (χ1v) is 8.59. The average Bonchev–Trinajstić information content (AvgIpc) is 3.08. The van der Waals surface area contributed by atoms with Crippen LogP contribution in [0.4, 0.5) is 19.1 Å². The third-order valence-electron chi connectivity index (χ3n) is 4.82. The Morgan fingerprint density at radius 3 is 2.42 bits per heavy atom. The number of fused-ring (bicyclic) bond motifs is 2. The molecule has 128 valence electrons. The van der Waals surface area contributed by atoms with Gasteiger partial charge in [-0.3, -0.25) is 4.68 Å². The molecule has 2 atom stereocenters. The molecule has 2 aliphatic heterocycles. The number of anilines is 1. The number of rotatable bonds is 2. The van der Waals surface area contributed by atoms with Crippen LogP contribution in [0.2, 0.25) is 0 Å². The number of aromatic nitrogens is 4. The van der Waals surface area contributed by atoms with Crippen LogP contribution in [0, 0.1) is 0 Å². The predicted molar refractivity (Wildman–Crippen MR) is 84.5 cm³/mol.